The van der Waals surface area contributed by atoms with Crippen LogP contribution in [0.5, 0.6) is 5.75 Å². The average molecular weight is 268 g/mol. The van der Waals surface area contributed by atoms with Crippen LogP contribution in [0.2, 0.25) is 0 Å². The van der Waals surface area contributed by atoms with Crippen molar-refractivity contribution < 1.29 is 9.53 Å². The van der Waals surface area contributed by atoms with Gasteiger partial charge in [0, 0.05) is 17.8 Å². The molecule has 1 aliphatic heterocycles. The largest absolute Gasteiger partial charge is 0.492 e. The first-order valence-electron chi connectivity index (χ1n) is 6.59. The summed E-state index contributed by atoms with van der Waals surface area (Å²) in [7, 11) is 0. The second-order valence-electron chi connectivity index (χ2n) is 4.80. The lowest BCUT2D eigenvalue weighted by molar-refractivity contribution is 0.0753. The topological polar surface area (TPSA) is 55.6 Å². The monoisotopic (exact) mass is 268 g/mol. The normalized spacial score (nSPS) is 13.4. The van der Waals surface area contributed by atoms with Crippen LogP contribution in [0.15, 0.2) is 48.5 Å². The van der Waals surface area contributed by atoms with Crippen LogP contribution in [-0.4, -0.2) is 24.0 Å². The van der Waals surface area contributed by atoms with Gasteiger partial charge < -0.3 is 15.4 Å². The molecule has 0 radical (unpaired) electrons. The van der Waals surface area contributed by atoms with E-state index in [1.165, 1.54) is 0 Å². The summed E-state index contributed by atoms with van der Waals surface area (Å²) in [5.74, 6) is 0.852. The maximum absolute atomic E-state index is 12.2. The third-order valence-electron chi connectivity index (χ3n) is 3.39. The summed E-state index contributed by atoms with van der Waals surface area (Å²) in [6.45, 7) is 1.69. The Hall–Kier alpha value is -2.49. The molecule has 1 heterocycles. The first-order chi connectivity index (χ1) is 9.74. The van der Waals surface area contributed by atoms with Crippen molar-refractivity contribution in [2.45, 2.75) is 6.54 Å². The number of para-hydroxylation sites is 1. The predicted octanol–water partition coefficient (Wildman–Crippen LogP) is 2.30. The summed E-state index contributed by atoms with van der Waals surface area (Å²) in [6, 6.07) is 15.1. The fourth-order valence-corrected chi connectivity index (χ4v) is 2.35. The standard InChI is InChI=1S/C16H16N2O2/c17-13-7-6-12-11-18(16(19)15(12)10-13)8-9-20-14-4-2-1-3-5-14/h1-7,10H,8-9,11,17H2. The van der Waals surface area contributed by atoms with E-state index in [-0.39, 0.29) is 5.91 Å². The van der Waals surface area contributed by atoms with E-state index >= 15 is 0 Å². The molecule has 2 aromatic rings. The first kappa shape index (κ1) is 12.5. The van der Waals surface area contributed by atoms with E-state index in [1.54, 1.807) is 11.0 Å². The van der Waals surface area contributed by atoms with Crippen molar-refractivity contribution in [3.05, 3.63) is 59.7 Å². The molecule has 0 aliphatic carbocycles. The molecule has 2 aromatic carbocycles. The molecular formula is C16H16N2O2. The fraction of sp³-hybridized carbons (Fsp3) is 0.188. The Kier molecular flexibility index (Phi) is 3.29. The van der Waals surface area contributed by atoms with Crippen LogP contribution >= 0.6 is 0 Å². The molecule has 102 valence electrons. The van der Waals surface area contributed by atoms with Crippen LogP contribution < -0.4 is 10.5 Å². The highest BCUT2D eigenvalue weighted by Gasteiger charge is 2.26. The van der Waals surface area contributed by atoms with E-state index in [4.69, 9.17) is 10.5 Å². The maximum atomic E-state index is 12.2. The molecule has 4 heteroatoms. The molecule has 1 amide bonds. The van der Waals surface area contributed by atoms with Gasteiger partial charge in [-0.25, -0.2) is 0 Å². The van der Waals surface area contributed by atoms with Crippen LogP contribution in [0.3, 0.4) is 0 Å². The second kappa shape index (κ2) is 5.25. The Morgan fingerprint density at radius 3 is 2.75 bits per heavy atom. The lowest BCUT2D eigenvalue weighted by Gasteiger charge is -2.15. The number of hydrogen-bond acceptors (Lipinski definition) is 3. The summed E-state index contributed by atoms with van der Waals surface area (Å²) in [5, 5.41) is 0. The molecule has 0 saturated carbocycles. The lowest BCUT2D eigenvalue weighted by atomic mass is 10.1. The van der Waals surface area contributed by atoms with Gasteiger partial charge in [0.1, 0.15) is 12.4 Å². The minimum atomic E-state index is 0.0314. The maximum Gasteiger partial charge on any atom is 0.254 e. The zero-order chi connectivity index (χ0) is 13.9. The van der Waals surface area contributed by atoms with Gasteiger partial charge in [-0.15, -0.1) is 0 Å². The van der Waals surface area contributed by atoms with E-state index in [0.29, 0.717) is 30.9 Å². The molecule has 1 aliphatic rings. The van der Waals surface area contributed by atoms with Crippen molar-refractivity contribution in [3.63, 3.8) is 0 Å². The van der Waals surface area contributed by atoms with Gasteiger partial charge in [0.25, 0.3) is 5.91 Å². The van der Waals surface area contributed by atoms with Gasteiger partial charge in [0.2, 0.25) is 0 Å². The second-order valence-corrected chi connectivity index (χ2v) is 4.80. The summed E-state index contributed by atoms with van der Waals surface area (Å²) in [5.41, 5.74) is 8.09. The third-order valence-corrected chi connectivity index (χ3v) is 3.39. The molecule has 0 unspecified atom stereocenters. The molecule has 0 fully saturated rings. The summed E-state index contributed by atoms with van der Waals surface area (Å²) in [6.07, 6.45) is 0. The molecule has 0 spiro atoms. The number of fused-ring (bicyclic) bond motifs is 1. The summed E-state index contributed by atoms with van der Waals surface area (Å²) < 4.78 is 5.62. The number of rotatable bonds is 4. The molecule has 20 heavy (non-hydrogen) atoms. The molecule has 0 atom stereocenters. The number of nitrogen functional groups attached to an aromatic ring is 1. The average Bonchev–Trinajstić information content (AvgIpc) is 2.77. The Labute approximate surface area is 117 Å². The number of amides is 1. The highest BCUT2D eigenvalue weighted by Crippen LogP contribution is 2.24. The minimum Gasteiger partial charge on any atom is -0.492 e. The van der Waals surface area contributed by atoms with E-state index < -0.39 is 0 Å². The van der Waals surface area contributed by atoms with Gasteiger partial charge in [0.05, 0.1) is 6.54 Å². The molecule has 0 aromatic heterocycles. The van der Waals surface area contributed by atoms with E-state index in [0.717, 1.165) is 11.3 Å². The van der Waals surface area contributed by atoms with Crippen molar-refractivity contribution >= 4 is 11.6 Å². The lowest BCUT2D eigenvalue weighted by Crippen LogP contribution is -2.28. The van der Waals surface area contributed by atoms with Crippen molar-refractivity contribution in [1.82, 2.24) is 4.90 Å². The number of ether oxygens (including phenoxy) is 1. The zero-order valence-corrected chi connectivity index (χ0v) is 11.1. The predicted molar refractivity (Wildman–Crippen MR) is 77.5 cm³/mol. The number of nitrogens with two attached hydrogens (primary N) is 1. The van der Waals surface area contributed by atoms with Gasteiger partial charge in [-0.2, -0.15) is 0 Å². The van der Waals surface area contributed by atoms with Gasteiger partial charge in [-0.3, -0.25) is 4.79 Å². The van der Waals surface area contributed by atoms with Crippen molar-refractivity contribution in [3.8, 4) is 5.75 Å². The number of nitrogens with zero attached hydrogens (tertiary/aromatic N) is 1. The van der Waals surface area contributed by atoms with Gasteiger partial charge in [0.15, 0.2) is 0 Å². The van der Waals surface area contributed by atoms with Crippen LogP contribution in [0, 0.1) is 0 Å². The molecule has 0 bridgehead atoms. The highest BCUT2D eigenvalue weighted by atomic mass is 16.5. The molecule has 4 nitrogen and oxygen atoms in total. The van der Waals surface area contributed by atoms with Crippen LogP contribution in [0.4, 0.5) is 5.69 Å². The fourth-order valence-electron chi connectivity index (χ4n) is 2.35. The van der Waals surface area contributed by atoms with Crippen LogP contribution in [0.1, 0.15) is 15.9 Å². The van der Waals surface area contributed by atoms with E-state index in [1.807, 2.05) is 42.5 Å². The summed E-state index contributed by atoms with van der Waals surface area (Å²) in [4.78, 5) is 14.0. The Morgan fingerprint density at radius 1 is 1.15 bits per heavy atom. The molecular weight excluding hydrogens is 252 g/mol. The third kappa shape index (κ3) is 2.45. The van der Waals surface area contributed by atoms with Crippen molar-refractivity contribution in [1.29, 1.82) is 0 Å². The Balaban J connectivity index is 1.59. The summed E-state index contributed by atoms with van der Waals surface area (Å²) >= 11 is 0. The Morgan fingerprint density at radius 2 is 1.95 bits per heavy atom. The van der Waals surface area contributed by atoms with Crippen LogP contribution in [0.25, 0.3) is 0 Å². The smallest absolute Gasteiger partial charge is 0.254 e. The van der Waals surface area contributed by atoms with Crippen molar-refractivity contribution in [2.24, 2.45) is 0 Å². The SMILES string of the molecule is Nc1ccc2c(c1)C(=O)N(CCOc1ccccc1)C2. The van der Waals surface area contributed by atoms with Crippen molar-refractivity contribution in [2.75, 3.05) is 18.9 Å². The number of carbonyl (C=O) groups excluding carboxylic acids is 1. The quantitative estimate of drug-likeness (QED) is 0.866. The van der Waals surface area contributed by atoms with E-state index in [9.17, 15) is 4.79 Å². The number of benzene rings is 2. The van der Waals surface area contributed by atoms with Crippen LogP contribution in [-0.2, 0) is 6.54 Å². The number of anilines is 1. The molecule has 0 saturated heterocycles. The van der Waals surface area contributed by atoms with Gasteiger partial charge in [-0.1, -0.05) is 24.3 Å². The number of carbonyl (C=O) groups is 1. The van der Waals surface area contributed by atoms with E-state index in [2.05, 4.69) is 0 Å². The molecule has 3 rings (SSSR count). The minimum absolute atomic E-state index is 0.0314. The van der Waals surface area contributed by atoms with Gasteiger partial charge in [-0.05, 0) is 29.8 Å². The number of hydrogen-bond donors (Lipinski definition) is 1. The zero-order valence-electron chi connectivity index (χ0n) is 11.1. The Bertz CT molecular complexity index is 626. The highest BCUT2D eigenvalue weighted by molar-refractivity contribution is 5.99. The first-order valence-corrected chi connectivity index (χ1v) is 6.59. The van der Waals surface area contributed by atoms with Gasteiger partial charge >= 0.3 is 0 Å². The molecule has 2 N–H and O–H groups in total.